The molecule has 4 rings (SSSR count). The lowest BCUT2D eigenvalue weighted by Crippen LogP contribution is -2.34. The van der Waals surface area contributed by atoms with Crippen molar-refractivity contribution in [1.29, 1.82) is 0 Å². The molecule has 0 aliphatic carbocycles. The Hall–Kier alpha value is -2.15. The molecule has 7 heteroatoms. The first-order valence-corrected chi connectivity index (χ1v) is 7.77. The number of fused-ring (bicyclic) bond motifs is 2. The highest BCUT2D eigenvalue weighted by Gasteiger charge is 2.21. The molecule has 0 spiro atoms. The maximum absolute atomic E-state index is 4.69. The second kappa shape index (κ2) is 4.70. The van der Waals surface area contributed by atoms with Crippen molar-refractivity contribution in [2.45, 2.75) is 20.0 Å². The van der Waals surface area contributed by atoms with E-state index in [-0.39, 0.29) is 0 Å². The predicted octanol–water partition coefficient (Wildman–Crippen LogP) is 2.26. The normalized spacial score (nSPS) is 14.5. The molecule has 1 aliphatic rings. The van der Waals surface area contributed by atoms with E-state index in [1.54, 1.807) is 11.3 Å². The molecule has 1 N–H and O–H groups in total. The van der Waals surface area contributed by atoms with Gasteiger partial charge in [0.25, 0.3) is 0 Å². The first-order chi connectivity index (χ1) is 10.2. The predicted molar refractivity (Wildman–Crippen MR) is 85.0 cm³/mol. The number of aryl methyl sites for hydroxylation is 1. The lowest BCUT2D eigenvalue weighted by Gasteiger charge is -2.29. The third kappa shape index (κ3) is 2.04. The maximum Gasteiger partial charge on any atom is 0.225 e. The number of rotatable bonds is 2. The topological polar surface area (TPSA) is 58.9 Å². The van der Waals surface area contributed by atoms with Crippen molar-refractivity contribution < 1.29 is 0 Å². The maximum atomic E-state index is 4.69. The Morgan fingerprint density at radius 1 is 1.29 bits per heavy atom. The Morgan fingerprint density at radius 2 is 2.19 bits per heavy atom. The van der Waals surface area contributed by atoms with Crippen molar-refractivity contribution in [3.8, 4) is 0 Å². The minimum atomic E-state index is 0.674. The van der Waals surface area contributed by atoms with E-state index in [1.807, 2.05) is 19.4 Å². The molecule has 0 unspecified atom stereocenters. The highest BCUT2D eigenvalue weighted by atomic mass is 32.1. The molecule has 0 saturated carbocycles. The van der Waals surface area contributed by atoms with Crippen LogP contribution in [0, 0.1) is 6.92 Å². The summed E-state index contributed by atoms with van der Waals surface area (Å²) in [6.45, 7) is 4.78. The lowest BCUT2D eigenvalue weighted by molar-refractivity contribution is 0.557. The van der Waals surface area contributed by atoms with E-state index in [1.165, 1.54) is 4.88 Å². The standard InChI is InChI=1S/C14H16N6S/c1-9-7-10-12(17-14(15-2)18-13(10)21-9)20-6-5-19-4-3-16-11(19)8-20/h3-4,7H,5-6,8H2,1-2H3,(H,15,17,18). The van der Waals surface area contributed by atoms with Gasteiger partial charge in [0, 0.05) is 37.4 Å². The summed E-state index contributed by atoms with van der Waals surface area (Å²) in [5, 5.41) is 4.19. The van der Waals surface area contributed by atoms with Crippen LogP contribution < -0.4 is 10.2 Å². The number of thiophene rings is 1. The van der Waals surface area contributed by atoms with Crippen LogP contribution in [0.3, 0.4) is 0 Å². The van der Waals surface area contributed by atoms with Crippen molar-refractivity contribution in [2.24, 2.45) is 0 Å². The van der Waals surface area contributed by atoms with Gasteiger partial charge in [-0.3, -0.25) is 0 Å². The van der Waals surface area contributed by atoms with Gasteiger partial charge in [0.2, 0.25) is 5.95 Å². The quantitative estimate of drug-likeness (QED) is 0.786. The summed E-state index contributed by atoms with van der Waals surface area (Å²) in [6, 6.07) is 2.18. The van der Waals surface area contributed by atoms with E-state index < -0.39 is 0 Å². The zero-order valence-electron chi connectivity index (χ0n) is 12.0. The summed E-state index contributed by atoms with van der Waals surface area (Å²) < 4.78 is 2.20. The largest absolute Gasteiger partial charge is 0.357 e. The van der Waals surface area contributed by atoms with E-state index in [2.05, 4.69) is 42.7 Å². The van der Waals surface area contributed by atoms with Crippen molar-refractivity contribution in [1.82, 2.24) is 19.5 Å². The van der Waals surface area contributed by atoms with Crippen LogP contribution in [0.5, 0.6) is 0 Å². The van der Waals surface area contributed by atoms with Gasteiger partial charge in [-0.15, -0.1) is 11.3 Å². The molecule has 0 amide bonds. The number of hydrogen-bond acceptors (Lipinski definition) is 6. The third-order valence-electron chi connectivity index (χ3n) is 3.76. The number of nitrogens with zero attached hydrogens (tertiary/aromatic N) is 5. The van der Waals surface area contributed by atoms with E-state index in [9.17, 15) is 0 Å². The van der Waals surface area contributed by atoms with Crippen LogP contribution in [0.25, 0.3) is 10.2 Å². The minimum absolute atomic E-state index is 0.674. The number of nitrogens with one attached hydrogen (secondary N) is 1. The highest BCUT2D eigenvalue weighted by molar-refractivity contribution is 7.18. The minimum Gasteiger partial charge on any atom is -0.357 e. The molecule has 21 heavy (non-hydrogen) atoms. The lowest BCUT2D eigenvalue weighted by atomic mass is 10.3. The smallest absolute Gasteiger partial charge is 0.225 e. The van der Waals surface area contributed by atoms with Gasteiger partial charge in [0.1, 0.15) is 16.5 Å². The first-order valence-electron chi connectivity index (χ1n) is 6.95. The van der Waals surface area contributed by atoms with Gasteiger partial charge >= 0.3 is 0 Å². The van der Waals surface area contributed by atoms with Crippen molar-refractivity contribution in [3.63, 3.8) is 0 Å². The average molecular weight is 300 g/mol. The van der Waals surface area contributed by atoms with Crippen LogP contribution in [0.1, 0.15) is 10.7 Å². The van der Waals surface area contributed by atoms with Gasteiger partial charge in [0.15, 0.2) is 0 Å². The Bertz CT molecular complexity index is 805. The van der Waals surface area contributed by atoms with Gasteiger partial charge in [-0.1, -0.05) is 0 Å². The fraction of sp³-hybridized carbons (Fsp3) is 0.357. The Labute approximate surface area is 126 Å². The molecule has 3 aromatic heterocycles. The highest BCUT2D eigenvalue weighted by Crippen LogP contribution is 2.33. The molecule has 4 heterocycles. The van der Waals surface area contributed by atoms with E-state index in [4.69, 9.17) is 0 Å². The van der Waals surface area contributed by atoms with Crippen molar-refractivity contribution in [3.05, 3.63) is 29.2 Å². The van der Waals surface area contributed by atoms with Crippen LogP contribution in [-0.2, 0) is 13.1 Å². The van der Waals surface area contributed by atoms with Gasteiger partial charge in [-0.05, 0) is 13.0 Å². The molecule has 0 radical (unpaired) electrons. The fourth-order valence-electron chi connectivity index (χ4n) is 2.73. The van der Waals surface area contributed by atoms with Crippen molar-refractivity contribution in [2.75, 3.05) is 23.8 Å². The molecule has 3 aromatic rings. The number of anilines is 2. The summed E-state index contributed by atoms with van der Waals surface area (Å²) in [5.74, 6) is 2.77. The molecular weight excluding hydrogens is 284 g/mol. The Kier molecular flexibility index (Phi) is 2.81. The number of aromatic nitrogens is 4. The summed E-state index contributed by atoms with van der Waals surface area (Å²) in [4.78, 5) is 18.3. The molecule has 0 fully saturated rings. The van der Waals surface area contributed by atoms with Crippen LogP contribution in [0.2, 0.25) is 0 Å². The summed E-state index contributed by atoms with van der Waals surface area (Å²) >= 11 is 1.71. The molecule has 0 saturated heterocycles. The Balaban J connectivity index is 1.82. The van der Waals surface area contributed by atoms with Gasteiger partial charge in [0.05, 0.1) is 11.9 Å². The second-order valence-corrected chi connectivity index (χ2v) is 6.39. The zero-order valence-corrected chi connectivity index (χ0v) is 12.8. The van der Waals surface area contributed by atoms with Crippen molar-refractivity contribution >= 4 is 33.3 Å². The van der Waals surface area contributed by atoms with Crippen LogP contribution in [0.4, 0.5) is 11.8 Å². The van der Waals surface area contributed by atoms with E-state index in [0.717, 1.165) is 41.5 Å². The molecule has 0 atom stereocenters. The van der Waals surface area contributed by atoms with Crippen LogP contribution >= 0.6 is 11.3 Å². The number of imidazole rings is 1. The summed E-state index contributed by atoms with van der Waals surface area (Å²) in [6.07, 6.45) is 3.90. The Morgan fingerprint density at radius 3 is 3.05 bits per heavy atom. The van der Waals surface area contributed by atoms with E-state index in [0.29, 0.717) is 5.95 Å². The second-order valence-electron chi connectivity index (χ2n) is 5.16. The molecule has 6 nitrogen and oxygen atoms in total. The molecule has 108 valence electrons. The van der Waals surface area contributed by atoms with Gasteiger partial charge in [-0.2, -0.15) is 4.98 Å². The molecular formula is C14H16N6S. The fourth-order valence-corrected chi connectivity index (χ4v) is 3.61. The van der Waals surface area contributed by atoms with Gasteiger partial charge < -0.3 is 14.8 Å². The zero-order chi connectivity index (χ0) is 14.4. The molecule has 0 aromatic carbocycles. The average Bonchev–Trinajstić information content (AvgIpc) is 3.09. The molecule has 0 bridgehead atoms. The number of hydrogen-bond donors (Lipinski definition) is 1. The monoisotopic (exact) mass is 300 g/mol. The van der Waals surface area contributed by atoms with E-state index >= 15 is 0 Å². The molecule has 1 aliphatic heterocycles. The SMILES string of the molecule is CNc1nc(N2CCn3ccnc3C2)c2cc(C)sc2n1. The van der Waals surface area contributed by atoms with Crippen LogP contribution in [0.15, 0.2) is 18.5 Å². The summed E-state index contributed by atoms with van der Waals surface area (Å²) in [5.41, 5.74) is 0. The first kappa shape index (κ1) is 12.6. The third-order valence-corrected chi connectivity index (χ3v) is 4.71. The van der Waals surface area contributed by atoms with Crippen LogP contribution in [-0.4, -0.2) is 33.1 Å². The van der Waals surface area contributed by atoms with Gasteiger partial charge in [-0.25, -0.2) is 9.97 Å². The summed E-state index contributed by atoms with van der Waals surface area (Å²) in [7, 11) is 1.86.